The van der Waals surface area contributed by atoms with E-state index in [9.17, 15) is 0 Å². The van der Waals surface area contributed by atoms with Gasteiger partial charge in [0.25, 0.3) is 0 Å². The van der Waals surface area contributed by atoms with Crippen LogP contribution in [0.5, 0.6) is 0 Å². The van der Waals surface area contributed by atoms with Crippen molar-refractivity contribution in [1.29, 1.82) is 0 Å². The van der Waals surface area contributed by atoms with E-state index in [1.54, 1.807) is 0 Å². The highest BCUT2D eigenvalue weighted by molar-refractivity contribution is 5.87. The number of aromatic nitrogens is 4. The van der Waals surface area contributed by atoms with Gasteiger partial charge >= 0.3 is 0 Å². The topological polar surface area (TPSA) is 72.9 Å². The highest BCUT2D eigenvalue weighted by Crippen LogP contribution is 2.28. The van der Waals surface area contributed by atoms with Crippen LogP contribution in [0.1, 0.15) is 38.4 Å². The lowest BCUT2D eigenvalue weighted by molar-refractivity contribution is 0.214. The summed E-state index contributed by atoms with van der Waals surface area (Å²) in [7, 11) is 2.16. The molecule has 0 saturated carbocycles. The van der Waals surface area contributed by atoms with Crippen LogP contribution in [0, 0.1) is 6.92 Å². The monoisotopic (exact) mass is 276 g/mol. The first-order valence-electron chi connectivity index (χ1n) is 7.30. The fourth-order valence-corrected chi connectivity index (χ4v) is 2.66. The first-order chi connectivity index (χ1) is 9.66. The van der Waals surface area contributed by atoms with E-state index >= 15 is 0 Å². The molecule has 1 saturated heterocycles. The number of nitrogens with zero attached hydrogens (tertiary/aromatic N) is 5. The second-order valence-corrected chi connectivity index (χ2v) is 5.02. The molecule has 0 aromatic carbocycles. The third kappa shape index (κ3) is 2.60. The van der Waals surface area contributed by atoms with Crippen LogP contribution in [-0.2, 0) is 0 Å². The molecular weight excluding hydrogens is 252 g/mol. The molecule has 2 aromatic rings. The van der Waals surface area contributed by atoms with Crippen LogP contribution in [0.4, 0.5) is 5.82 Å². The number of nitrogen functional groups attached to an aromatic ring is 1. The molecule has 0 atom stereocenters. The molecule has 3 rings (SSSR count). The Kier molecular flexibility index (Phi) is 4.54. The van der Waals surface area contributed by atoms with E-state index in [0.717, 1.165) is 42.7 Å². The fraction of sp³-hybridized carbons (Fsp3) is 0.643. The van der Waals surface area contributed by atoms with Crippen molar-refractivity contribution in [1.82, 2.24) is 24.6 Å². The predicted octanol–water partition coefficient (Wildman–Crippen LogP) is 2.01. The van der Waals surface area contributed by atoms with Gasteiger partial charge < -0.3 is 10.6 Å². The van der Waals surface area contributed by atoms with Crippen molar-refractivity contribution in [3.63, 3.8) is 0 Å². The van der Waals surface area contributed by atoms with E-state index < -0.39 is 0 Å². The second-order valence-electron chi connectivity index (χ2n) is 5.02. The van der Waals surface area contributed by atoms with Gasteiger partial charge in [-0.1, -0.05) is 13.8 Å². The van der Waals surface area contributed by atoms with Gasteiger partial charge in [-0.05, 0) is 39.9 Å². The summed E-state index contributed by atoms with van der Waals surface area (Å²) in [6, 6.07) is 0.423. The Hall–Kier alpha value is -1.69. The summed E-state index contributed by atoms with van der Waals surface area (Å²) in [4.78, 5) is 10.7. The Bertz CT molecular complexity index is 568. The van der Waals surface area contributed by atoms with Gasteiger partial charge in [0.15, 0.2) is 5.65 Å². The standard InChI is InChI=1S/C12H18N6.C2H6/c1-8-10-11(13)14-7-15-12(10)18(16-8)9-3-5-17(2)6-4-9;1-2/h7,9H,3-6H2,1-2H3,(H2,13,14,15);1-2H3. The highest BCUT2D eigenvalue weighted by Gasteiger charge is 2.22. The Morgan fingerprint density at radius 1 is 1.20 bits per heavy atom. The summed E-state index contributed by atoms with van der Waals surface area (Å²) in [5.74, 6) is 0.525. The molecule has 0 unspecified atom stereocenters. The van der Waals surface area contributed by atoms with Crippen molar-refractivity contribution in [3.8, 4) is 0 Å². The van der Waals surface area contributed by atoms with Crippen LogP contribution in [-0.4, -0.2) is 44.8 Å². The lowest BCUT2D eigenvalue weighted by Crippen LogP contribution is -2.32. The number of nitrogens with two attached hydrogens (primary N) is 1. The van der Waals surface area contributed by atoms with Crippen LogP contribution in [0.2, 0.25) is 0 Å². The molecule has 1 aliphatic rings. The van der Waals surface area contributed by atoms with Crippen molar-refractivity contribution in [2.24, 2.45) is 0 Å². The number of hydrogen-bond acceptors (Lipinski definition) is 5. The summed E-state index contributed by atoms with van der Waals surface area (Å²) in [5.41, 5.74) is 7.70. The molecule has 0 amide bonds. The zero-order valence-electron chi connectivity index (χ0n) is 12.8. The molecule has 2 aromatic heterocycles. The fourth-order valence-electron chi connectivity index (χ4n) is 2.66. The molecule has 0 bridgehead atoms. The van der Waals surface area contributed by atoms with Crippen molar-refractivity contribution in [2.75, 3.05) is 25.9 Å². The first-order valence-corrected chi connectivity index (χ1v) is 7.30. The number of anilines is 1. The molecule has 3 heterocycles. The van der Waals surface area contributed by atoms with Crippen LogP contribution in [0.15, 0.2) is 6.33 Å². The largest absolute Gasteiger partial charge is 0.383 e. The maximum atomic E-state index is 5.91. The van der Waals surface area contributed by atoms with E-state index in [2.05, 4.69) is 27.0 Å². The minimum absolute atomic E-state index is 0.423. The van der Waals surface area contributed by atoms with Gasteiger partial charge in [-0.25, -0.2) is 14.6 Å². The summed E-state index contributed by atoms with van der Waals surface area (Å²) in [6.45, 7) is 8.17. The third-order valence-electron chi connectivity index (χ3n) is 3.73. The molecule has 110 valence electrons. The van der Waals surface area contributed by atoms with Crippen molar-refractivity contribution in [3.05, 3.63) is 12.0 Å². The maximum absolute atomic E-state index is 5.91. The molecule has 6 nitrogen and oxygen atoms in total. The lowest BCUT2D eigenvalue weighted by atomic mass is 10.1. The number of hydrogen-bond donors (Lipinski definition) is 1. The number of piperidine rings is 1. The summed E-state index contributed by atoms with van der Waals surface area (Å²) in [5, 5.41) is 5.51. The SMILES string of the molecule is CC.Cc1nn(C2CCN(C)CC2)c2ncnc(N)c12. The second kappa shape index (κ2) is 6.17. The van der Waals surface area contributed by atoms with Gasteiger partial charge in [-0.2, -0.15) is 5.10 Å². The summed E-state index contributed by atoms with van der Waals surface area (Å²) < 4.78 is 2.04. The maximum Gasteiger partial charge on any atom is 0.163 e. The van der Waals surface area contributed by atoms with E-state index in [-0.39, 0.29) is 0 Å². The molecule has 1 fully saturated rings. The number of fused-ring (bicyclic) bond motifs is 1. The van der Waals surface area contributed by atoms with E-state index in [1.807, 2.05) is 25.5 Å². The number of rotatable bonds is 1. The first kappa shape index (κ1) is 14.7. The Morgan fingerprint density at radius 3 is 2.50 bits per heavy atom. The highest BCUT2D eigenvalue weighted by atomic mass is 15.3. The molecule has 20 heavy (non-hydrogen) atoms. The quantitative estimate of drug-likeness (QED) is 0.862. The molecule has 2 N–H and O–H groups in total. The van der Waals surface area contributed by atoms with Gasteiger partial charge in [0, 0.05) is 0 Å². The van der Waals surface area contributed by atoms with Gasteiger partial charge in [0.2, 0.25) is 0 Å². The van der Waals surface area contributed by atoms with E-state index in [0.29, 0.717) is 11.9 Å². The van der Waals surface area contributed by atoms with Crippen LogP contribution in [0.25, 0.3) is 11.0 Å². The average molecular weight is 276 g/mol. The lowest BCUT2D eigenvalue weighted by Gasteiger charge is -2.29. The molecule has 6 heteroatoms. The zero-order valence-corrected chi connectivity index (χ0v) is 12.8. The van der Waals surface area contributed by atoms with Gasteiger partial charge in [-0.3, -0.25) is 0 Å². The van der Waals surface area contributed by atoms with E-state index in [4.69, 9.17) is 5.73 Å². The number of likely N-dealkylation sites (tertiary alicyclic amines) is 1. The van der Waals surface area contributed by atoms with Crippen LogP contribution in [0.3, 0.4) is 0 Å². The predicted molar refractivity (Wildman–Crippen MR) is 81.6 cm³/mol. The summed E-state index contributed by atoms with van der Waals surface area (Å²) in [6.07, 6.45) is 3.73. The van der Waals surface area contributed by atoms with Crippen molar-refractivity contribution in [2.45, 2.75) is 39.7 Å². The van der Waals surface area contributed by atoms with E-state index in [1.165, 1.54) is 6.33 Å². The Morgan fingerprint density at radius 2 is 1.85 bits per heavy atom. The Labute approximate surface area is 120 Å². The summed E-state index contributed by atoms with van der Waals surface area (Å²) >= 11 is 0. The molecule has 1 aliphatic heterocycles. The minimum Gasteiger partial charge on any atom is -0.383 e. The number of aryl methyl sites for hydroxylation is 1. The molecule has 0 radical (unpaired) electrons. The van der Waals surface area contributed by atoms with Gasteiger partial charge in [0.1, 0.15) is 12.1 Å². The normalized spacial score (nSPS) is 17.0. The minimum atomic E-state index is 0.423. The Balaban J connectivity index is 0.000000704. The third-order valence-corrected chi connectivity index (χ3v) is 3.73. The molecule has 0 aliphatic carbocycles. The zero-order chi connectivity index (χ0) is 14.7. The van der Waals surface area contributed by atoms with Crippen molar-refractivity contribution < 1.29 is 0 Å². The van der Waals surface area contributed by atoms with Crippen LogP contribution < -0.4 is 5.73 Å². The van der Waals surface area contributed by atoms with Crippen molar-refractivity contribution >= 4 is 16.9 Å². The smallest absolute Gasteiger partial charge is 0.163 e. The van der Waals surface area contributed by atoms with Crippen LogP contribution >= 0.6 is 0 Å². The molecular formula is C14H24N6. The van der Waals surface area contributed by atoms with Gasteiger partial charge in [-0.15, -0.1) is 0 Å². The average Bonchev–Trinajstić information content (AvgIpc) is 2.81. The van der Waals surface area contributed by atoms with Gasteiger partial charge in [0.05, 0.1) is 17.1 Å². The molecule has 0 spiro atoms.